The van der Waals surface area contributed by atoms with Crippen LogP contribution < -0.4 is 4.74 Å². The highest BCUT2D eigenvalue weighted by Gasteiger charge is 2.32. The van der Waals surface area contributed by atoms with Gasteiger partial charge in [0.2, 0.25) is 0 Å². The zero-order valence-electron chi connectivity index (χ0n) is 17.1. The molecule has 6 heteroatoms. The number of hydrogen-bond donors (Lipinski definition) is 0. The number of hydrogen-bond acceptors (Lipinski definition) is 5. The monoisotopic (exact) mass is 398 g/mol. The Balaban J connectivity index is 1.53. The number of rotatable bonds is 6. The van der Waals surface area contributed by atoms with Gasteiger partial charge in [0, 0.05) is 24.5 Å². The van der Waals surface area contributed by atoms with Gasteiger partial charge in [0.15, 0.2) is 5.58 Å². The number of piperidine rings is 1. The molecule has 1 saturated heterocycles. The van der Waals surface area contributed by atoms with Crippen molar-refractivity contribution in [2.75, 3.05) is 27.3 Å². The summed E-state index contributed by atoms with van der Waals surface area (Å²) in [7, 11) is 3.44. The first-order valence-corrected chi connectivity index (χ1v) is 10.1. The van der Waals surface area contributed by atoms with Crippen LogP contribution in [0.1, 0.15) is 43.0 Å². The summed E-state index contributed by atoms with van der Waals surface area (Å²) in [5.41, 5.74) is 2.65. The third kappa shape index (κ3) is 4.00. The number of fused-ring (bicyclic) bond motifs is 1. The molecule has 0 spiro atoms. The maximum absolute atomic E-state index is 13.4. The van der Waals surface area contributed by atoms with Crippen LogP contribution in [0, 0.1) is 5.82 Å². The molecule has 0 radical (unpaired) electrons. The number of halogens is 1. The Labute approximate surface area is 170 Å². The molecule has 2 heterocycles. The highest BCUT2D eigenvalue weighted by Crippen LogP contribution is 2.37. The van der Waals surface area contributed by atoms with E-state index in [1.165, 1.54) is 17.7 Å². The van der Waals surface area contributed by atoms with E-state index in [1.807, 2.05) is 12.1 Å². The van der Waals surface area contributed by atoms with E-state index >= 15 is 0 Å². The first-order valence-electron chi connectivity index (χ1n) is 10.1. The Morgan fingerprint density at radius 1 is 1.14 bits per heavy atom. The average molecular weight is 398 g/mol. The Morgan fingerprint density at radius 3 is 2.66 bits per heavy atom. The van der Waals surface area contributed by atoms with E-state index < -0.39 is 0 Å². The molecule has 0 bridgehead atoms. The fraction of sp³-hybridized carbons (Fsp3) is 0.435. The van der Waals surface area contributed by atoms with Crippen LogP contribution in [0.2, 0.25) is 0 Å². The first-order chi connectivity index (χ1) is 14.1. The molecule has 0 aliphatic carbocycles. The zero-order chi connectivity index (χ0) is 20.4. The predicted octanol–water partition coefficient (Wildman–Crippen LogP) is 4.93. The van der Waals surface area contributed by atoms with Crippen molar-refractivity contribution in [1.82, 2.24) is 10.1 Å². The van der Waals surface area contributed by atoms with Gasteiger partial charge in [-0.3, -0.25) is 4.90 Å². The zero-order valence-corrected chi connectivity index (χ0v) is 17.1. The van der Waals surface area contributed by atoms with Gasteiger partial charge in [-0.05, 0) is 62.7 Å². The highest BCUT2D eigenvalue weighted by atomic mass is 19.1. The van der Waals surface area contributed by atoms with Crippen LogP contribution in [0.4, 0.5) is 4.39 Å². The van der Waals surface area contributed by atoms with Crippen molar-refractivity contribution in [1.29, 1.82) is 0 Å². The second kappa shape index (κ2) is 8.51. The van der Waals surface area contributed by atoms with E-state index in [2.05, 4.69) is 29.1 Å². The molecule has 2 aromatic carbocycles. The van der Waals surface area contributed by atoms with Crippen LogP contribution in [0.5, 0.6) is 5.75 Å². The van der Waals surface area contributed by atoms with Gasteiger partial charge in [-0.15, -0.1) is 0 Å². The minimum Gasteiger partial charge on any atom is -0.497 e. The van der Waals surface area contributed by atoms with Gasteiger partial charge >= 0.3 is 0 Å². The van der Waals surface area contributed by atoms with Crippen molar-refractivity contribution in [3.63, 3.8) is 0 Å². The van der Waals surface area contributed by atoms with Gasteiger partial charge in [-0.2, -0.15) is 0 Å². The van der Waals surface area contributed by atoms with Crippen LogP contribution in [0.3, 0.4) is 0 Å². The molecule has 5 nitrogen and oxygen atoms in total. The number of aromatic nitrogens is 1. The molecule has 1 aliphatic rings. The van der Waals surface area contributed by atoms with Gasteiger partial charge in [0.25, 0.3) is 0 Å². The fourth-order valence-corrected chi connectivity index (χ4v) is 4.41. The van der Waals surface area contributed by atoms with E-state index in [4.69, 9.17) is 14.0 Å². The van der Waals surface area contributed by atoms with Gasteiger partial charge in [0.05, 0.1) is 24.9 Å². The normalized spacial score (nSPS) is 18.1. The molecule has 3 aromatic rings. The molecule has 1 aliphatic heterocycles. The molecule has 2 atom stereocenters. The summed E-state index contributed by atoms with van der Waals surface area (Å²) in [4.78, 5) is 2.47. The molecule has 2 unspecified atom stereocenters. The van der Waals surface area contributed by atoms with Crippen LogP contribution >= 0.6 is 0 Å². The summed E-state index contributed by atoms with van der Waals surface area (Å²) in [6, 6.07) is 13.0. The van der Waals surface area contributed by atoms with Crippen molar-refractivity contribution < 1.29 is 18.4 Å². The smallest absolute Gasteiger partial charge is 0.170 e. The second-order valence-corrected chi connectivity index (χ2v) is 7.68. The number of likely N-dealkylation sites (tertiary alicyclic amines) is 1. The third-order valence-corrected chi connectivity index (χ3v) is 6.02. The lowest BCUT2D eigenvalue weighted by Crippen LogP contribution is -2.41. The topological polar surface area (TPSA) is 47.7 Å². The predicted molar refractivity (Wildman–Crippen MR) is 110 cm³/mol. The van der Waals surface area contributed by atoms with Crippen LogP contribution in [0.15, 0.2) is 47.0 Å². The second-order valence-electron chi connectivity index (χ2n) is 7.68. The van der Waals surface area contributed by atoms with E-state index in [9.17, 15) is 4.39 Å². The summed E-state index contributed by atoms with van der Waals surface area (Å²) in [5.74, 6) is 0.860. The van der Waals surface area contributed by atoms with Gasteiger partial charge < -0.3 is 14.0 Å². The molecule has 4 rings (SSSR count). The van der Waals surface area contributed by atoms with Crippen molar-refractivity contribution in [2.45, 2.75) is 37.8 Å². The van der Waals surface area contributed by atoms with Crippen LogP contribution in [-0.4, -0.2) is 43.5 Å². The maximum atomic E-state index is 13.4. The lowest BCUT2D eigenvalue weighted by molar-refractivity contribution is 0.0135. The average Bonchev–Trinajstić information content (AvgIpc) is 3.17. The van der Waals surface area contributed by atoms with Crippen molar-refractivity contribution in [3.8, 4) is 5.75 Å². The minimum absolute atomic E-state index is 0.0505. The highest BCUT2D eigenvalue weighted by molar-refractivity contribution is 5.79. The van der Waals surface area contributed by atoms with E-state index in [-0.39, 0.29) is 18.0 Å². The minimum atomic E-state index is -0.301. The first kappa shape index (κ1) is 19.9. The fourth-order valence-electron chi connectivity index (χ4n) is 4.41. The Morgan fingerprint density at radius 2 is 1.93 bits per heavy atom. The molecule has 1 fully saturated rings. The maximum Gasteiger partial charge on any atom is 0.170 e. The Kier molecular flexibility index (Phi) is 5.83. The summed E-state index contributed by atoms with van der Waals surface area (Å²) < 4.78 is 29.9. The largest absolute Gasteiger partial charge is 0.497 e. The molecular weight excluding hydrogens is 371 g/mol. The van der Waals surface area contributed by atoms with Crippen molar-refractivity contribution in [3.05, 3.63) is 59.5 Å². The summed E-state index contributed by atoms with van der Waals surface area (Å²) in [6.45, 7) is 3.96. The molecule has 0 saturated carbocycles. The SMILES string of the molecule is COc1cccc(C(C(C)OC)N2CCC(c3noc4cc(F)ccc34)CC2)c1. The third-order valence-electron chi connectivity index (χ3n) is 6.02. The van der Waals surface area contributed by atoms with Gasteiger partial charge in [-0.25, -0.2) is 4.39 Å². The Hall–Kier alpha value is -2.44. The summed E-state index contributed by atoms with van der Waals surface area (Å²) in [6.07, 6.45) is 1.99. The molecule has 29 heavy (non-hydrogen) atoms. The van der Waals surface area contributed by atoms with Gasteiger partial charge in [0.1, 0.15) is 11.6 Å². The van der Waals surface area contributed by atoms with Crippen molar-refractivity contribution >= 4 is 11.0 Å². The number of methoxy groups -OCH3 is 2. The van der Waals surface area contributed by atoms with E-state index in [0.717, 1.165) is 42.8 Å². The van der Waals surface area contributed by atoms with Gasteiger partial charge in [-0.1, -0.05) is 17.3 Å². The molecular formula is C23H27FN2O3. The van der Waals surface area contributed by atoms with Crippen molar-refractivity contribution in [2.24, 2.45) is 0 Å². The van der Waals surface area contributed by atoms with E-state index in [1.54, 1.807) is 20.3 Å². The van der Waals surface area contributed by atoms with Crippen LogP contribution in [-0.2, 0) is 4.74 Å². The molecule has 1 aromatic heterocycles. The molecule has 154 valence electrons. The summed E-state index contributed by atoms with van der Waals surface area (Å²) in [5, 5.41) is 5.18. The summed E-state index contributed by atoms with van der Waals surface area (Å²) >= 11 is 0. The number of nitrogens with zero attached hydrogens (tertiary/aromatic N) is 2. The quantitative estimate of drug-likeness (QED) is 0.589. The van der Waals surface area contributed by atoms with E-state index in [0.29, 0.717) is 11.5 Å². The lowest BCUT2D eigenvalue weighted by Gasteiger charge is -2.39. The standard InChI is InChI=1S/C23H27FN2O3/c1-15(27-2)23(17-5-4-6-19(13-17)28-3)26-11-9-16(10-12-26)22-20-8-7-18(24)14-21(20)29-25-22/h4-8,13-16,23H,9-12H2,1-3H3. The van der Waals surface area contributed by atoms with Crippen LogP contribution in [0.25, 0.3) is 11.0 Å². The number of ether oxygens (including phenoxy) is 2. The number of benzene rings is 2. The molecule has 0 amide bonds. The lowest BCUT2D eigenvalue weighted by atomic mass is 9.89. The Bertz CT molecular complexity index is 966. The molecule has 0 N–H and O–H groups in total.